The van der Waals surface area contributed by atoms with Crippen molar-refractivity contribution in [1.29, 1.82) is 0 Å². The molecule has 1 aromatic heterocycles. The first kappa shape index (κ1) is 14.0. The SMILES string of the molecule is CCCN(Cc1cncn1C1CC1)C1Cc2ccccc2C1. The zero-order valence-electron chi connectivity index (χ0n) is 13.4. The van der Waals surface area contributed by atoms with Gasteiger partial charge in [0.2, 0.25) is 0 Å². The molecule has 3 heteroatoms. The van der Waals surface area contributed by atoms with Gasteiger partial charge in [-0.1, -0.05) is 31.2 Å². The van der Waals surface area contributed by atoms with Gasteiger partial charge < -0.3 is 4.57 Å². The molecule has 3 nitrogen and oxygen atoms in total. The van der Waals surface area contributed by atoms with E-state index in [-0.39, 0.29) is 0 Å². The molecule has 22 heavy (non-hydrogen) atoms. The number of hydrogen-bond donors (Lipinski definition) is 0. The van der Waals surface area contributed by atoms with Crippen LogP contribution in [0.15, 0.2) is 36.8 Å². The summed E-state index contributed by atoms with van der Waals surface area (Å²) in [6, 6.07) is 10.3. The van der Waals surface area contributed by atoms with Crippen molar-refractivity contribution in [2.45, 2.75) is 57.7 Å². The molecule has 0 radical (unpaired) electrons. The summed E-state index contributed by atoms with van der Waals surface area (Å²) in [7, 11) is 0. The molecule has 0 unspecified atom stereocenters. The Hall–Kier alpha value is -1.61. The van der Waals surface area contributed by atoms with Crippen LogP contribution in [0.5, 0.6) is 0 Å². The highest BCUT2D eigenvalue weighted by molar-refractivity contribution is 5.33. The van der Waals surface area contributed by atoms with Gasteiger partial charge in [-0.2, -0.15) is 0 Å². The van der Waals surface area contributed by atoms with E-state index in [1.807, 2.05) is 6.33 Å². The minimum atomic E-state index is 0.653. The fourth-order valence-electron chi connectivity index (χ4n) is 3.82. The molecule has 0 saturated heterocycles. The first-order valence-electron chi connectivity index (χ1n) is 8.66. The molecule has 0 aliphatic heterocycles. The van der Waals surface area contributed by atoms with E-state index in [2.05, 4.69) is 51.8 Å². The van der Waals surface area contributed by atoms with E-state index < -0.39 is 0 Å². The Balaban J connectivity index is 1.51. The van der Waals surface area contributed by atoms with E-state index in [0.29, 0.717) is 6.04 Å². The number of nitrogens with zero attached hydrogens (tertiary/aromatic N) is 3. The van der Waals surface area contributed by atoms with Crippen molar-refractivity contribution in [3.8, 4) is 0 Å². The van der Waals surface area contributed by atoms with E-state index in [0.717, 1.165) is 12.6 Å². The molecular formula is C19H25N3. The van der Waals surface area contributed by atoms with Crippen molar-refractivity contribution in [1.82, 2.24) is 14.5 Å². The van der Waals surface area contributed by atoms with Crippen LogP contribution in [-0.2, 0) is 19.4 Å². The fraction of sp³-hybridized carbons (Fsp3) is 0.526. The lowest BCUT2D eigenvalue weighted by molar-refractivity contribution is 0.188. The molecular weight excluding hydrogens is 270 g/mol. The monoisotopic (exact) mass is 295 g/mol. The smallest absolute Gasteiger partial charge is 0.0951 e. The molecule has 0 spiro atoms. The van der Waals surface area contributed by atoms with E-state index in [1.165, 1.54) is 44.3 Å². The summed E-state index contributed by atoms with van der Waals surface area (Å²) in [5.74, 6) is 0. The third-order valence-corrected chi connectivity index (χ3v) is 5.11. The third kappa shape index (κ3) is 2.70. The van der Waals surface area contributed by atoms with Crippen molar-refractivity contribution < 1.29 is 0 Å². The van der Waals surface area contributed by atoms with E-state index >= 15 is 0 Å². The molecule has 2 aromatic rings. The van der Waals surface area contributed by atoms with Crippen LogP contribution in [0.3, 0.4) is 0 Å². The highest BCUT2D eigenvalue weighted by Crippen LogP contribution is 2.36. The Labute approximate surface area is 133 Å². The van der Waals surface area contributed by atoms with Crippen LogP contribution in [0.1, 0.15) is 49.0 Å². The van der Waals surface area contributed by atoms with E-state index in [1.54, 1.807) is 11.1 Å². The number of fused-ring (bicyclic) bond motifs is 1. The number of hydrogen-bond acceptors (Lipinski definition) is 2. The molecule has 2 aliphatic rings. The quantitative estimate of drug-likeness (QED) is 0.812. The second-order valence-electron chi connectivity index (χ2n) is 6.82. The van der Waals surface area contributed by atoms with Gasteiger partial charge in [0.05, 0.1) is 12.0 Å². The van der Waals surface area contributed by atoms with Crippen molar-refractivity contribution in [2.24, 2.45) is 0 Å². The maximum atomic E-state index is 4.40. The van der Waals surface area contributed by atoms with Crippen molar-refractivity contribution in [3.05, 3.63) is 53.6 Å². The minimum absolute atomic E-state index is 0.653. The summed E-state index contributed by atoms with van der Waals surface area (Å²) in [5.41, 5.74) is 4.49. The summed E-state index contributed by atoms with van der Waals surface area (Å²) in [5, 5.41) is 0. The van der Waals surface area contributed by atoms with Gasteiger partial charge in [0.15, 0.2) is 0 Å². The van der Waals surface area contributed by atoms with Gasteiger partial charge in [0.1, 0.15) is 0 Å². The lowest BCUT2D eigenvalue weighted by Crippen LogP contribution is -2.36. The van der Waals surface area contributed by atoms with Crippen molar-refractivity contribution in [3.63, 3.8) is 0 Å². The van der Waals surface area contributed by atoms with Crippen LogP contribution in [-0.4, -0.2) is 27.0 Å². The van der Waals surface area contributed by atoms with Gasteiger partial charge >= 0.3 is 0 Å². The Morgan fingerprint density at radius 1 is 1.18 bits per heavy atom. The number of rotatable bonds is 6. The molecule has 1 aromatic carbocycles. The lowest BCUT2D eigenvalue weighted by atomic mass is 10.1. The van der Waals surface area contributed by atoms with Crippen LogP contribution in [0, 0.1) is 0 Å². The van der Waals surface area contributed by atoms with E-state index in [4.69, 9.17) is 0 Å². The lowest BCUT2D eigenvalue weighted by Gasteiger charge is -2.28. The van der Waals surface area contributed by atoms with Crippen LogP contribution in [0.2, 0.25) is 0 Å². The fourth-order valence-corrected chi connectivity index (χ4v) is 3.82. The standard InChI is InChI=1S/C19H25N3/c1-2-9-21(13-19-12-20-14-22(19)17-7-8-17)18-10-15-5-3-4-6-16(15)11-18/h3-6,12,14,17-18H,2,7-11,13H2,1H3. The molecule has 1 fully saturated rings. The molecule has 0 bridgehead atoms. The summed E-state index contributed by atoms with van der Waals surface area (Å²) in [4.78, 5) is 7.08. The molecule has 116 valence electrons. The number of aromatic nitrogens is 2. The third-order valence-electron chi connectivity index (χ3n) is 5.11. The van der Waals surface area contributed by atoms with Gasteiger partial charge in [-0.3, -0.25) is 4.90 Å². The normalized spacial score (nSPS) is 18.1. The van der Waals surface area contributed by atoms with Gasteiger partial charge in [-0.15, -0.1) is 0 Å². The second-order valence-corrected chi connectivity index (χ2v) is 6.82. The van der Waals surface area contributed by atoms with Gasteiger partial charge in [0, 0.05) is 24.8 Å². The summed E-state index contributed by atoms with van der Waals surface area (Å²) in [6.07, 6.45) is 10.4. The largest absolute Gasteiger partial charge is 0.330 e. The minimum Gasteiger partial charge on any atom is -0.330 e. The maximum absolute atomic E-state index is 4.40. The average Bonchev–Trinajstić information content (AvgIpc) is 3.11. The number of imidazole rings is 1. The van der Waals surface area contributed by atoms with Crippen LogP contribution < -0.4 is 0 Å². The topological polar surface area (TPSA) is 21.1 Å². The summed E-state index contributed by atoms with van der Waals surface area (Å²) in [6.45, 7) is 4.50. The molecule has 1 saturated carbocycles. The molecule has 0 N–H and O–H groups in total. The summed E-state index contributed by atoms with van der Waals surface area (Å²) < 4.78 is 2.41. The van der Waals surface area contributed by atoms with E-state index in [9.17, 15) is 0 Å². The molecule has 0 atom stereocenters. The molecule has 0 amide bonds. The highest BCUT2D eigenvalue weighted by atomic mass is 15.2. The first-order valence-corrected chi connectivity index (χ1v) is 8.66. The maximum Gasteiger partial charge on any atom is 0.0951 e. The predicted octanol–water partition coefficient (Wildman–Crippen LogP) is 3.60. The Morgan fingerprint density at radius 2 is 1.91 bits per heavy atom. The van der Waals surface area contributed by atoms with Crippen molar-refractivity contribution in [2.75, 3.05) is 6.54 Å². The van der Waals surface area contributed by atoms with Crippen LogP contribution >= 0.6 is 0 Å². The van der Waals surface area contributed by atoms with Gasteiger partial charge in [0.25, 0.3) is 0 Å². The summed E-state index contributed by atoms with van der Waals surface area (Å²) >= 11 is 0. The van der Waals surface area contributed by atoms with Crippen LogP contribution in [0.4, 0.5) is 0 Å². The average molecular weight is 295 g/mol. The Kier molecular flexibility index (Phi) is 3.75. The highest BCUT2D eigenvalue weighted by Gasteiger charge is 2.29. The predicted molar refractivity (Wildman–Crippen MR) is 88.8 cm³/mol. The second kappa shape index (κ2) is 5.88. The Bertz CT molecular complexity index is 617. The zero-order chi connectivity index (χ0) is 14.9. The van der Waals surface area contributed by atoms with Gasteiger partial charge in [-0.05, 0) is 49.8 Å². The molecule has 2 aliphatic carbocycles. The Morgan fingerprint density at radius 3 is 2.55 bits per heavy atom. The van der Waals surface area contributed by atoms with Crippen LogP contribution in [0.25, 0.3) is 0 Å². The van der Waals surface area contributed by atoms with Crippen molar-refractivity contribution >= 4 is 0 Å². The van der Waals surface area contributed by atoms with Gasteiger partial charge in [-0.25, -0.2) is 4.98 Å². The molecule has 1 heterocycles. The molecule has 4 rings (SSSR count). The number of benzene rings is 1. The first-order chi connectivity index (χ1) is 10.8. The zero-order valence-corrected chi connectivity index (χ0v) is 13.4.